The molecular formula is C8H16N2O3. The van der Waals surface area contributed by atoms with Gasteiger partial charge in [0.25, 0.3) is 0 Å². The fourth-order valence-electron chi connectivity index (χ4n) is 0.967. The van der Waals surface area contributed by atoms with E-state index in [9.17, 15) is 9.59 Å². The van der Waals surface area contributed by atoms with Gasteiger partial charge in [0.05, 0.1) is 0 Å². The van der Waals surface area contributed by atoms with Gasteiger partial charge in [-0.25, -0.2) is 0 Å². The number of carboxylic acid groups (broad SMARTS) is 1. The second-order valence-electron chi connectivity index (χ2n) is 3.22. The van der Waals surface area contributed by atoms with Gasteiger partial charge in [-0.2, -0.15) is 0 Å². The van der Waals surface area contributed by atoms with Crippen LogP contribution in [0.2, 0.25) is 0 Å². The third-order valence-corrected chi connectivity index (χ3v) is 1.51. The largest absolute Gasteiger partial charge is 0.480 e. The number of aliphatic carboxylic acids is 1. The summed E-state index contributed by atoms with van der Waals surface area (Å²) in [7, 11) is 0. The summed E-state index contributed by atoms with van der Waals surface area (Å²) in [5.41, 5.74) is 4.91. The number of rotatable bonds is 6. The van der Waals surface area contributed by atoms with Crippen LogP contribution in [0.5, 0.6) is 0 Å². The molecule has 1 amide bonds. The fraction of sp³-hybridized carbons (Fsp3) is 0.750. The van der Waals surface area contributed by atoms with E-state index in [1.165, 1.54) is 0 Å². The van der Waals surface area contributed by atoms with Gasteiger partial charge in [0.1, 0.15) is 6.04 Å². The van der Waals surface area contributed by atoms with E-state index in [-0.39, 0.29) is 18.9 Å². The number of carboxylic acids is 1. The van der Waals surface area contributed by atoms with E-state index >= 15 is 0 Å². The van der Waals surface area contributed by atoms with E-state index in [0.29, 0.717) is 0 Å². The molecule has 0 fully saturated rings. The van der Waals surface area contributed by atoms with Gasteiger partial charge < -0.3 is 16.2 Å². The van der Waals surface area contributed by atoms with Crippen molar-refractivity contribution in [2.45, 2.75) is 38.8 Å². The number of amides is 1. The van der Waals surface area contributed by atoms with Crippen LogP contribution in [0.15, 0.2) is 0 Å². The lowest BCUT2D eigenvalue weighted by Crippen LogP contribution is -2.41. The van der Waals surface area contributed by atoms with Gasteiger partial charge in [-0.15, -0.1) is 0 Å². The first kappa shape index (κ1) is 11.9. The van der Waals surface area contributed by atoms with Gasteiger partial charge in [-0.1, -0.05) is 13.8 Å². The molecule has 0 aliphatic carbocycles. The van der Waals surface area contributed by atoms with Gasteiger partial charge >= 0.3 is 5.97 Å². The first-order valence-electron chi connectivity index (χ1n) is 4.20. The van der Waals surface area contributed by atoms with Gasteiger partial charge in [0, 0.05) is 12.5 Å². The topological polar surface area (TPSA) is 92.4 Å². The third kappa shape index (κ3) is 6.10. The number of hydrogen-bond acceptors (Lipinski definition) is 3. The van der Waals surface area contributed by atoms with Crippen LogP contribution in [0.25, 0.3) is 0 Å². The van der Waals surface area contributed by atoms with Crippen molar-refractivity contribution < 1.29 is 14.7 Å². The maximum absolute atomic E-state index is 10.6. The Hall–Kier alpha value is -1.10. The highest BCUT2D eigenvalue weighted by molar-refractivity contribution is 5.77. The summed E-state index contributed by atoms with van der Waals surface area (Å²) in [6.45, 7) is 3.69. The van der Waals surface area contributed by atoms with Crippen LogP contribution in [0.1, 0.15) is 26.7 Å². The van der Waals surface area contributed by atoms with Crippen molar-refractivity contribution in [2.75, 3.05) is 0 Å². The van der Waals surface area contributed by atoms with Crippen molar-refractivity contribution in [1.82, 2.24) is 5.32 Å². The van der Waals surface area contributed by atoms with Gasteiger partial charge in [-0.05, 0) is 6.42 Å². The highest BCUT2D eigenvalue weighted by atomic mass is 16.4. The van der Waals surface area contributed by atoms with E-state index in [2.05, 4.69) is 5.32 Å². The van der Waals surface area contributed by atoms with Gasteiger partial charge in [0.2, 0.25) is 5.91 Å². The summed E-state index contributed by atoms with van der Waals surface area (Å²) in [5, 5.41) is 11.5. The van der Waals surface area contributed by atoms with Crippen LogP contribution in [0, 0.1) is 0 Å². The molecule has 0 saturated carbocycles. The molecule has 0 bridgehead atoms. The monoisotopic (exact) mass is 188 g/mol. The Balaban J connectivity index is 3.95. The molecule has 0 rings (SSSR count). The zero-order valence-electron chi connectivity index (χ0n) is 7.91. The highest BCUT2D eigenvalue weighted by Crippen LogP contribution is 1.98. The summed E-state index contributed by atoms with van der Waals surface area (Å²) in [6, 6.07) is -0.610. The minimum absolute atomic E-state index is 0.0778. The summed E-state index contributed by atoms with van der Waals surface area (Å²) in [5.74, 6) is -1.42. The normalized spacial score (nSPS) is 12.8. The molecule has 0 aromatic carbocycles. The summed E-state index contributed by atoms with van der Waals surface area (Å²) >= 11 is 0. The number of hydrogen-bond donors (Lipinski definition) is 3. The van der Waals surface area contributed by atoms with Crippen molar-refractivity contribution in [1.29, 1.82) is 0 Å². The quantitative estimate of drug-likeness (QED) is 0.533. The number of carbonyl (C=O) groups excluding carboxylic acids is 1. The van der Waals surface area contributed by atoms with E-state index in [1.54, 1.807) is 0 Å². The first-order valence-corrected chi connectivity index (χ1v) is 4.20. The molecule has 13 heavy (non-hydrogen) atoms. The molecule has 5 heteroatoms. The number of nitrogens with two attached hydrogens (primary N) is 1. The molecule has 76 valence electrons. The molecule has 0 saturated heterocycles. The smallest absolute Gasteiger partial charge is 0.320 e. The number of primary amides is 1. The molecule has 0 spiro atoms. The standard InChI is InChI=1S/C8H16N2O3/c1-5(2)10-6(8(12)13)3-4-7(9)11/h5-6,10H,3-4H2,1-2H3,(H2,9,11)(H,12,13). The lowest BCUT2D eigenvalue weighted by atomic mass is 10.1. The zero-order chi connectivity index (χ0) is 10.4. The van der Waals surface area contributed by atoms with Crippen molar-refractivity contribution in [2.24, 2.45) is 5.73 Å². The van der Waals surface area contributed by atoms with Crippen molar-refractivity contribution in [3.63, 3.8) is 0 Å². The molecule has 4 N–H and O–H groups in total. The van der Waals surface area contributed by atoms with E-state index in [4.69, 9.17) is 10.8 Å². The molecule has 0 heterocycles. The van der Waals surface area contributed by atoms with Crippen LogP contribution >= 0.6 is 0 Å². The second kappa shape index (κ2) is 5.53. The fourth-order valence-corrected chi connectivity index (χ4v) is 0.967. The van der Waals surface area contributed by atoms with Crippen LogP contribution < -0.4 is 11.1 Å². The van der Waals surface area contributed by atoms with E-state index in [0.717, 1.165) is 0 Å². The van der Waals surface area contributed by atoms with Crippen LogP contribution in [0.3, 0.4) is 0 Å². The predicted molar refractivity (Wildman–Crippen MR) is 48.1 cm³/mol. The van der Waals surface area contributed by atoms with E-state index < -0.39 is 17.9 Å². The average Bonchev–Trinajstić information content (AvgIpc) is 1.96. The summed E-state index contributed by atoms with van der Waals surface area (Å²) < 4.78 is 0. The molecule has 0 aromatic rings. The van der Waals surface area contributed by atoms with E-state index in [1.807, 2.05) is 13.8 Å². The Morgan fingerprint density at radius 2 is 2.00 bits per heavy atom. The first-order chi connectivity index (χ1) is 5.93. The minimum Gasteiger partial charge on any atom is -0.480 e. The molecular weight excluding hydrogens is 172 g/mol. The maximum atomic E-state index is 10.6. The molecule has 5 nitrogen and oxygen atoms in total. The molecule has 0 aromatic heterocycles. The highest BCUT2D eigenvalue weighted by Gasteiger charge is 2.18. The molecule has 0 aliphatic rings. The van der Waals surface area contributed by atoms with Crippen LogP contribution in [-0.2, 0) is 9.59 Å². The third-order valence-electron chi connectivity index (χ3n) is 1.51. The Kier molecular flexibility index (Phi) is 5.06. The minimum atomic E-state index is -0.949. The Labute approximate surface area is 77.3 Å². The van der Waals surface area contributed by atoms with Crippen molar-refractivity contribution in [3.8, 4) is 0 Å². The maximum Gasteiger partial charge on any atom is 0.320 e. The van der Waals surface area contributed by atoms with Crippen LogP contribution in [-0.4, -0.2) is 29.1 Å². The summed E-state index contributed by atoms with van der Waals surface area (Å²) in [6.07, 6.45) is 0.333. The zero-order valence-corrected chi connectivity index (χ0v) is 7.91. The number of carbonyl (C=O) groups is 2. The van der Waals surface area contributed by atoms with Crippen molar-refractivity contribution in [3.05, 3.63) is 0 Å². The van der Waals surface area contributed by atoms with Gasteiger partial charge in [-0.3, -0.25) is 9.59 Å². The Morgan fingerprint density at radius 1 is 1.46 bits per heavy atom. The molecule has 1 atom stereocenters. The van der Waals surface area contributed by atoms with Gasteiger partial charge in [0.15, 0.2) is 0 Å². The van der Waals surface area contributed by atoms with Crippen molar-refractivity contribution >= 4 is 11.9 Å². The predicted octanol–water partition coefficient (Wildman–Crippen LogP) is -0.297. The second-order valence-corrected chi connectivity index (χ2v) is 3.22. The SMILES string of the molecule is CC(C)NC(CCC(N)=O)C(=O)O. The van der Waals surface area contributed by atoms with Crippen LogP contribution in [0.4, 0.5) is 0 Å². The lowest BCUT2D eigenvalue weighted by Gasteiger charge is -2.16. The molecule has 0 radical (unpaired) electrons. The Bertz CT molecular complexity index is 192. The average molecular weight is 188 g/mol. The Morgan fingerprint density at radius 3 is 2.31 bits per heavy atom. The summed E-state index contributed by atoms with van der Waals surface area (Å²) in [4.78, 5) is 21.0. The lowest BCUT2D eigenvalue weighted by molar-refractivity contribution is -0.139. The molecule has 1 unspecified atom stereocenters. The molecule has 0 aliphatic heterocycles. The number of nitrogens with one attached hydrogen (secondary N) is 1.